The molecule has 37 heavy (non-hydrogen) atoms. The molecule has 1 rings (SSSR count). The van der Waals surface area contributed by atoms with Gasteiger partial charge in [-0.1, -0.05) is 76.8 Å². The van der Waals surface area contributed by atoms with Gasteiger partial charge in [-0.05, 0) is 23.8 Å². The van der Waals surface area contributed by atoms with E-state index in [1.165, 1.54) is 12.2 Å². The molecule has 0 aliphatic carbocycles. The molecule has 0 aromatic heterocycles. The Hall–Kier alpha value is -2.94. The van der Waals surface area contributed by atoms with Gasteiger partial charge in [-0.2, -0.15) is 0 Å². The molecule has 206 valence electrons. The van der Waals surface area contributed by atoms with Crippen molar-refractivity contribution in [1.82, 2.24) is 15.7 Å². The quantitative estimate of drug-likeness (QED) is 0.153. The molecule has 0 fully saturated rings. The van der Waals surface area contributed by atoms with Crippen LogP contribution in [-0.2, 0) is 34.8 Å². The smallest absolute Gasteiger partial charge is 0.407 e. The average Bonchev–Trinajstić information content (AvgIpc) is 2.86. The molecular formula is C26H40N3O7P. The van der Waals surface area contributed by atoms with Crippen molar-refractivity contribution in [2.45, 2.75) is 52.8 Å². The lowest BCUT2D eigenvalue weighted by Crippen LogP contribution is -2.52. The van der Waals surface area contributed by atoms with Gasteiger partial charge < -0.3 is 24.6 Å². The maximum Gasteiger partial charge on any atom is 0.407 e. The van der Waals surface area contributed by atoms with Gasteiger partial charge in [0, 0.05) is 0 Å². The molecule has 0 spiro atoms. The van der Waals surface area contributed by atoms with Crippen LogP contribution in [0.15, 0.2) is 55.6 Å². The molecule has 0 aliphatic rings. The second-order valence-corrected chi connectivity index (χ2v) is 11.3. The zero-order valence-electron chi connectivity index (χ0n) is 22.1. The molecule has 1 aromatic rings. The first-order chi connectivity index (χ1) is 17.5. The highest BCUT2D eigenvalue weighted by atomic mass is 31.2. The highest BCUT2D eigenvalue weighted by Crippen LogP contribution is 2.42. The van der Waals surface area contributed by atoms with E-state index in [1.54, 1.807) is 26.0 Å². The van der Waals surface area contributed by atoms with Crippen molar-refractivity contribution in [1.29, 1.82) is 0 Å². The van der Waals surface area contributed by atoms with Crippen LogP contribution in [0, 0.1) is 11.8 Å². The lowest BCUT2D eigenvalue weighted by Gasteiger charge is -2.29. The van der Waals surface area contributed by atoms with Crippen molar-refractivity contribution < 1.29 is 32.9 Å². The van der Waals surface area contributed by atoms with Crippen LogP contribution in [0.2, 0.25) is 0 Å². The Morgan fingerprint density at radius 2 is 1.65 bits per heavy atom. The molecule has 0 saturated carbocycles. The summed E-state index contributed by atoms with van der Waals surface area (Å²) >= 11 is 0. The maximum atomic E-state index is 13.6. The Balaban J connectivity index is 2.91. The van der Waals surface area contributed by atoms with E-state index in [-0.39, 0.29) is 31.7 Å². The van der Waals surface area contributed by atoms with Crippen molar-refractivity contribution in [2.75, 3.05) is 19.5 Å². The van der Waals surface area contributed by atoms with Gasteiger partial charge in [0.2, 0.25) is 5.91 Å². The number of hydrogen-bond donors (Lipinski definition) is 3. The summed E-state index contributed by atoms with van der Waals surface area (Å²) in [5.74, 6) is -1.38. The number of hydrogen-bond acceptors (Lipinski definition) is 7. The fraction of sp³-hybridized carbons (Fsp3) is 0.500. The standard InChI is InChI=1S/C26H40N3O7P/c1-7-14-34-25(31)22(16-19(3)4)28-24(30)23(20(5)6)29-37(33,36-15-8-2)18-27-26(32)35-17-21-12-10-9-11-13-21/h7-13,19-20,22-23H,1-2,14-18H2,3-6H3,(H,27,32)(H,28,30)(H,29,33)/t22-,23-,37?/m0/s1. The molecule has 3 N–H and O–H groups in total. The number of esters is 1. The number of alkyl carbamates (subject to hydrolysis) is 1. The first-order valence-electron chi connectivity index (χ1n) is 12.2. The number of carbonyl (C=O) groups excluding carboxylic acids is 3. The van der Waals surface area contributed by atoms with Crippen LogP contribution in [-0.4, -0.2) is 49.6 Å². The lowest BCUT2D eigenvalue weighted by molar-refractivity contribution is -0.147. The Bertz CT molecular complexity index is 937. The Kier molecular flexibility index (Phi) is 14.5. The normalized spacial score (nSPS) is 14.2. The molecule has 1 unspecified atom stereocenters. The van der Waals surface area contributed by atoms with E-state index in [2.05, 4.69) is 28.9 Å². The molecule has 0 saturated heterocycles. The van der Waals surface area contributed by atoms with Crippen LogP contribution < -0.4 is 15.7 Å². The molecule has 0 bridgehead atoms. The summed E-state index contributed by atoms with van der Waals surface area (Å²) in [4.78, 5) is 37.9. The minimum absolute atomic E-state index is 0.0196. The third-order valence-electron chi connectivity index (χ3n) is 4.98. The van der Waals surface area contributed by atoms with Gasteiger partial charge in [0.05, 0.1) is 12.6 Å². The third kappa shape index (κ3) is 12.7. The van der Waals surface area contributed by atoms with E-state index in [4.69, 9.17) is 14.0 Å². The fourth-order valence-electron chi connectivity index (χ4n) is 3.16. The van der Waals surface area contributed by atoms with Gasteiger partial charge in [-0.15, -0.1) is 6.58 Å². The number of carbonyl (C=O) groups is 3. The highest BCUT2D eigenvalue weighted by Gasteiger charge is 2.35. The van der Waals surface area contributed by atoms with Gasteiger partial charge in [-0.3, -0.25) is 9.36 Å². The predicted octanol–water partition coefficient (Wildman–Crippen LogP) is 4.14. The van der Waals surface area contributed by atoms with Gasteiger partial charge in [0.25, 0.3) is 7.52 Å². The van der Waals surface area contributed by atoms with Gasteiger partial charge in [0.1, 0.15) is 25.5 Å². The van der Waals surface area contributed by atoms with Crippen LogP contribution in [0.5, 0.6) is 0 Å². The predicted molar refractivity (Wildman–Crippen MR) is 143 cm³/mol. The van der Waals surface area contributed by atoms with E-state index in [0.29, 0.717) is 6.42 Å². The van der Waals surface area contributed by atoms with E-state index in [9.17, 15) is 18.9 Å². The van der Waals surface area contributed by atoms with Gasteiger partial charge in [-0.25, -0.2) is 14.7 Å². The average molecular weight is 538 g/mol. The number of benzene rings is 1. The van der Waals surface area contributed by atoms with Crippen molar-refractivity contribution >= 4 is 25.5 Å². The number of amides is 2. The summed E-state index contributed by atoms with van der Waals surface area (Å²) in [6.45, 7) is 14.4. The zero-order valence-corrected chi connectivity index (χ0v) is 23.0. The molecule has 0 heterocycles. The first kappa shape index (κ1) is 32.1. The Morgan fingerprint density at radius 3 is 2.22 bits per heavy atom. The summed E-state index contributed by atoms with van der Waals surface area (Å²) < 4.78 is 29.3. The first-order valence-corrected chi connectivity index (χ1v) is 14.0. The molecule has 11 heteroatoms. The monoisotopic (exact) mass is 537 g/mol. The van der Waals surface area contributed by atoms with E-state index >= 15 is 0 Å². The summed E-state index contributed by atoms with van der Waals surface area (Å²) in [6, 6.07) is 7.20. The van der Waals surface area contributed by atoms with E-state index in [0.717, 1.165) is 5.56 Å². The van der Waals surface area contributed by atoms with Crippen molar-refractivity contribution in [3.05, 3.63) is 61.2 Å². The molecular weight excluding hydrogens is 497 g/mol. The maximum absolute atomic E-state index is 13.6. The van der Waals surface area contributed by atoms with Crippen LogP contribution in [0.4, 0.5) is 4.79 Å². The van der Waals surface area contributed by atoms with Crippen LogP contribution in [0.1, 0.15) is 39.7 Å². The van der Waals surface area contributed by atoms with Gasteiger partial charge in [0.15, 0.2) is 0 Å². The van der Waals surface area contributed by atoms with Crippen molar-refractivity contribution in [2.24, 2.45) is 11.8 Å². The zero-order chi connectivity index (χ0) is 27.8. The van der Waals surface area contributed by atoms with Crippen molar-refractivity contribution in [3.8, 4) is 0 Å². The molecule has 1 aromatic carbocycles. The summed E-state index contributed by atoms with van der Waals surface area (Å²) in [7, 11) is -3.79. The molecule has 2 amide bonds. The molecule has 10 nitrogen and oxygen atoms in total. The topological polar surface area (TPSA) is 132 Å². The minimum Gasteiger partial charge on any atom is -0.460 e. The van der Waals surface area contributed by atoms with Crippen LogP contribution >= 0.6 is 7.52 Å². The summed E-state index contributed by atoms with van der Waals surface area (Å²) in [5, 5.41) is 7.90. The van der Waals surface area contributed by atoms with Crippen molar-refractivity contribution in [3.63, 3.8) is 0 Å². The molecule has 0 radical (unpaired) electrons. The molecule has 0 aliphatic heterocycles. The Labute approximate surface area is 219 Å². The van der Waals surface area contributed by atoms with Crippen LogP contribution in [0.25, 0.3) is 0 Å². The third-order valence-corrected chi connectivity index (χ3v) is 6.79. The number of ether oxygens (including phenoxy) is 2. The summed E-state index contributed by atoms with van der Waals surface area (Å²) in [5.41, 5.74) is 0.793. The highest BCUT2D eigenvalue weighted by molar-refractivity contribution is 7.56. The van der Waals surface area contributed by atoms with E-state index < -0.39 is 43.9 Å². The minimum atomic E-state index is -3.79. The summed E-state index contributed by atoms with van der Waals surface area (Å²) in [6.07, 6.45) is 1.98. The SMILES string of the molecule is C=CCOC(=O)[C@H](CC(C)C)NC(=O)[C@@H](NP(=O)(CNC(=O)OCc1ccccc1)OCC=C)C(C)C. The van der Waals surface area contributed by atoms with Crippen LogP contribution in [0.3, 0.4) is 0 Å². The Morgan fingerprint density at radius 1 is 1.00 bits per heavy atom. The molecule has 3 atom stereocenters. The number of rotatable bonds is 17. The van der Waals surface area contributed by atoms with E-state index in [1.807, 2.05) is 32.0 Å². The largest absolute Gasteiger partial charge is 0.460 e. The number of nitrogens with one attached hydrogen (secondary N) is 3. The lowest BCUT2D eigenvalue weighted by atomic mass is 10.0. The van der Waals surface area contributed by atoms with Gasteiger partial charge >= 0.3 is 12.1 Å². The fourth-order valence-corrected chi connectivity index (χ4v) is 4.94. The second-order valence-electron chi connectivity index (χ2n) is 9.11. The second kappa shape index (κ2) is 16.7.